The Hall–Kier alpha value is -4.99. The molecule has 0 bridgehead atoms. The molecule has 4 rings (SSSR count). The van der Waals surface area contributed by atoms with Crippen molar-refractivity contribution in [2.45, 2.75) is 19.8 Å². The normalized spacial score (nSPS) is 10.6. The molecule has 0 radical (unpaired) electrons. The molecule has 3 aromatic carbocycles. The number of aromatic amines is 1. The predicted octanol–water partition coefficient (Wildman–Crippen LogP) is 5.16. The number of hydrogen-bond donors (Lipinski definition) is 2. The molecule has 0 saturated carbocycles. The number of aryl methyl sites for hydroxylation is 1. The van der Waals surface area contributed by atoms with Gasteiger partial charge in [0.25, 0.3) is 0 Å². The van der Waals surface area contributed by atoms with Crippen LogP contribution < -0.4 is 24.3 Å². The van der Waals surface area contributed by atoms with Gasteiger partial charge in [0.2, 0.25) is 11.7 Å². The molecule has 10 heteroatoms. The number of H-pyrrole nitrogens is 1. The third-order valence-corrected chi connectivity index (χ3v) is 6.13. The summed E-state index contributed by atoms with van der Waals surface area (Å²) in [6.45, 7) is 2.00. The van der Waals surface area contributed by atoms with Crippen molar-refractivity contribution in [2.24, 2.45) is 0 Å². The van der Waals surface area contributed by atoms with Crippen LogP contribution in [0.15, 0.2) is 60.8 Å². The van der Waals surface area contributed by atoms with Gasteiger partial charge in [-0.1, -0.05) is 0 Å². The molecule has 1 amide bonds. The maximum Gasteiger partial charge on any atom is 0.345 e. The average molecular weight is 547 g/mol. The second-order valence-electron chi connectivity index (χ2n) is 8.68. The van der Waals surface area contributed by atoms with Gasteiger partial charge < -0.3 is 34.0 Å². The van der Waals surface area contributed by atoms with Crippen LogP contribution in [0.4, 0.5) is 5.69 Å². The molecule has 1 aromatic heterocycles. The molecule has 208 valence electrons. The summed E-state index contributed by atoms with van der Waals surface area (Å²) in [6.07, 6.45) is 2.21. The van der Waals surface area contributed by atoms with Gasteiger partial charge in [-0.3, -0.25) is 4.79 Å². The first-order valence-electron chi connectivity index (χ1n) is 12.6. The van der Waals surface area contributed by atoms with Gasteiger partial charge >= 0.3 is 11.9 Å². The number of hydrogen-bond acceptors (Lipinski definition) is 8. The minimum absolute atomic E-state index is 0.200. The van der Waals surface area contributed by atoms with E-state index in [4.69, 9.17) is 23.7 Å². The Morgan fingerprint density at radius 3 is 2.17 bits per heavy atom. The van der Waals surface area contributed by atoms with Crippen LogP contribution in [0.2, 0.25) is 0 Å². The lowest BCUT2D eigenvalue weighted by Crippen LogP contribution is -2.12. The second kappa shape index (κ2) is 12.7. The quantitative estimate of drug-likeness (QED) is 0.195. The zero-order chi connectivity index (χ0) is 28.6. The molecular weight excluding hydrogens is 516 g/mol. The highest BCUT2D eigenvalue weighted by atomic mass is 16.5. The summed E-state index contributed by atoms with van der Waals surface area (Å²) >= 11 is 0. The number of amides is 1. The van der Waals surface area contributed by atoms with Crippen molar-refractivity contribution in [1.29, 1.82) is 0 Å². The summed E-state index contributed by atoms with van der Waals surface area (Å²) in [5.74, 6) is 0.573. The predicted molar refractivity (Wildman–Crippen MR) is 149 cm³/mol. The Kier molecular flexibility index (Phi) is 8.90. The van der Waals surface area contributed by atoms with Gasteiger partial charge in [0, 0.05) is 29.2 Å². The van der Waals surface area contributed by atoms with Gasteiger partial charge in [-0.05, 0) is 73.5 Å². The van der Waals surface area contributed by atoms with Crippen molar-refractivity contribution in [1.82, 2.24) is 4.98 Å². The molecule has 0 aliphatic carbocycles. The number of aromatic nitrogens is 1. The summed E-state index contributed by atoms with van der Waals surface area (Å²) in [6, 6.07) is 15.0. The molecule has 1 heterocycles. The van der Waals surface area contributed by atoms with Crippen molar-refractivity contribution in [3.05, 3.63) is 77.5 Å². The van der Waals surface area contributed by atoms with E-state index in [0.717, 1.165) is 5.56 Å². The first-order valence-corrected chi connectivity index (χ1v) is 12.6. The van der Waals surface area contributed by atoms with E-state index in [1.54, 1.807) is 31.3 Å². The number of methoxy groups -OCH3 is 3. The molecule has 0 unspecified atom stereocenters. The molecule has 0 spiro atoms. The Morgan fingerprint density at radius 2 is 1.55 bits per heavy atom. The molecule has 0 aliphatic rings. The molecule has 10 nitrogen and oxygen atoms in total. The summed E-state index contributed by atoms with van der Waals surface area (Å²) in [7, 11) is 4.61. The summed E-state index contributed by atoms with van der Waals surface area (Å²) in [5.41, 5.74) is 2.76. The third kappa shape index (κ3) is 6.35. The van der Waals surface area contributed by atoms with Crippen LogP contribution in [0.5, 0.6) is 23.0 Å². The Bertz CT molecular complexity index is 1500. The van der Waals surface area contributed by atoms with E-state index in [2.05, 4.69) is 10.3 Å². The van der Waals surface area contributed by atoms with Crippen molar-refractivity contribution in [3.8, 4) is 23.0 Å². The van der Waals surface area contributed by atoms with Crippen LogP contribution in [-0.4, -0.2) is 50.8 Å². The van der Waals surface area contributed by atoms with Gasteiger partial charge in [-0.2, -0.15) is 0 Å². The molecular formula is C30H30N2O8. The number of carbonyl (C=O) groups excluding carboxylic acids is 3. The van der Waals surface area contributed by atoms with E-state index < -0.39 is 11.9 Å². The molecule has 4 aromatic rings. The van der Waals surface area contributed by atoms with Gasteiger partial charge in [-0.15, -0.1) is 0 Å². The lowest BCUT2D eigenvalue weighted by Gasteiger charge is -2.14. The highest BCUT2D eigenvalue weighted by molar-refractivity contribution is 6.06. The van der Waals surface area contributed by atoms with E-state index in [1.807, 2.05) is 12.1 Å². The fourth-order valence-corrected chi connectivity index (χ4v) is 4.16. The number of fused-ring (bicyclic) bond motifs is 1. The first-order chi connectivity index (χ1) is 19.4. The number of ether oxygens (including phenoxy) is 5. The van der Waals surface area contributed by atoms with Crippen LogP contribution in [0.1, 0.15) is 39.6 Å². The number of rotatable bonds is 11. The smallest absolute Gasteiger partial charge is 0.345 e. The van der Waals surface area contributed by atoms with Crippen LogP contribution >= 0.6 is 0 Å². The topological polar surface area (TPSA) is 125 Å². The molecule has 0 saturated heterocycles. The number of esters is 2. The number of benzene rings is 3. The first kappa shape index (κ1) is 28.0. The number of anilines is 1. The van der Waals surface area contributed by atoms with Crippen LogP contribution in [0, 0.1) is 0 Å². The van der Waals surface area contributed by atoms with Crippen molar-refractivity contribution < 1.29 is 38.1 Å². The standard InChI is InChI=1S/C30H30N2O8/c1-5-39-29(34)19-7-10-21(11-8-19)40-30(35)23-17-31-24-12-9-20(16-22(23)24)32-27(33)13-6-18-14-25(36-2)28(38-4)26(15-18)37-3/h7-12,14-17,31H,5-6,13H2,1-4H3,(H,32,33). The monoisotopic (exact) mass is 546 g/mol. The zero-order valence-electron chi connectivity index (χ0n) is 22.7. The average Bonchev–Trinajstić information content (AvgIpc) is 3.39. The van der Waals surface area contributed by atoms with E-state index in [9.17, 15) is 14.4 Å². The number of carbonyl (C=O) groups is 3. The van der Waals surface area contributed by atoms with E-state index >= 15 is 0 Å². The van der Waals surface area contributed by atoms with Crippen molar-refractivity contribution >= 4 is 34.4 Å². The summed E-state index contributed by atoms with van der Waals surface area (Å²) < 4.78 is 26.6. The van der Waals surface area contributed by atoms with E-state index in [0.29, 0.717) is 51.4 Å². The lowest BCUT2D eigenvalue weighted by atomic mass is 10.1. The van der Waals surface area contributed by atoms with Gasteiger partial charge in [-0.25, -0.2) is 9.59 Å². The summed E-state index contributed by atoms with van der Waals surface area (Å²) in [5, 5.41) is 3.47. The number of nitrogens with one attached hydrogen (secondary N) is 2. The minimum atomic E-state index is -0.582. The minimum Gasteiger partial charge on any atom is -0.493 e. The van der Waals surface area contributed by atoms with Crippen LogP contribution in [-0.2, 0) is 16.0 Å². The fourth-order valence-electron chi connectivity index (χ4n) is 4.16. The van der Waals surface area contributed by atoms with Crippen LogP contribution in [0.25, 0.3) is 10.9 Å². The molecule has 0 aliphatic heterocycles. The highest BCUT2D eigenvalue weighted by Crippen LogP contribution is 2.38. The Labute approximate surface area is 231 Å². The fraction of sp³-hybridized carbons (Fsp3) is 0.233. The van der Waals surface area contributed by atoms with Gasteiger partial charge in [0.1, 0.15) is 5.75 Å². The van der Waals surface area contributed by atoms with E-state index in [1.165, 1.54) is 45.6 Å². The van der Waals surface area contributed by atoms with Gasteiger partial charge in [0.05, 0.1) is 39.1 Å². The zero-order valence-corrected chi connectivity index (χ0v) is 22.7. The molecule has 2 N–H and O–H groups in total. The molecule has 40 heavy (non-hydrogen) atoms. The molecule has 0 fully saturated rings. The third-order valence-electron chi connectivity index (χ3n) is 6.13. The van der Waals surface area contributed by atoms with Crippen LogP contribution in [0.3, 0.4) is 0 Å². The second-order valence-corrected chi connectivity index (χ2v) is 8.68. The SMILES string of the molecule is CCOC(=O)c1ccc(OC(=O)c2c[nH]c3ccc(NC(=O)CCc4cc(OC)c(OC)c(OC)c4)cc23)cc1. The highest BCUT2D eigenvalue weighted by Gasteiger charge is 2.17. The Morgan fingerprint density at radius 1 is 0.850 bits per heavy atom. The maximum absolute atomic E-state index is 12.9. The van der Waals surface area contributed by atoms with Crippen molar-refractivity contribution in [3.63, 3.8) is 0 Å². The summed E-state index contributed by atoms with van der Waals surface area (Å²) in [4.78, 5) is 40.5. The maximum atomic E-state index is 12.9. The lowest BCUT2D eigenvalue weighted by molar-refractivity contribution is -0.116. The van der Waals surface area contributed by atoms with Gasteiger partial charge in [0.15, 0.2) is 11.5 Å². The van der Waals surface area contributed by atoms with Crippen molar-refractivity contribution in [2.75, 3.05) is 33.3 Å². The Balaban J connectivity index is 1.42. The molecule has 0 atom stereocenters. The van der Waals surface area contributed by atoms with E-state index in [-0.39, 0.29) is 24.7 Å². The largest absolute Gasteiger partial charge is 0.493 e.